The molecule has 5 nitrogen and oxygen atoms in total. The molecule has 0 aliphatic rings. The Morgan fingerprint density at radius 3 is 2.67 bits per heavy atom. The highest BCUT2D eigenvalue weighted by molar-refractivity contribution is 5.94. The number of ether oxygens (including phenoxy) is 1. The molecule has 21 heavy (non-hydrogen) atoms. The quantitative estimate of drug-likeness (QED) is 0.919. The third-order valence-corrected chi connectivity index (χ3v) is 3.68. The van der Waals surface area contributed by atoms with Crippen molar-refractivity contribution in [3.05, 3.63) is 39.7 Å². The average Bonchev–Trinajstić information content (AvgIpc) is 2.46. The van der Waals surface area contributed by atoms with Gasteiger partial charge in [-0.15, -0.1) is 0 Å². The summed E-state index contributed by atoms with van der Waals surface area (Å²) in [4.78, 5) is 23.8. The lowest BCUT2D eigenvalue weighted by Crippen LogP contribution is -2.22. The molecule has 0 spiro atoms. The fraction of sp³-hybridized carbons (Fsp3) is 0.375. The van der Waals surface area contributed by atoms with Gasteiger partial charge in [0.1, 0.15) is 11.3 Å². The van der Waals surface area contributed by atoms with E-state index in [4.69, 9.17) is 4.74 Å². The molecule has 112 valence electrons. The Hall–Kier alpha value is -2.30. The van der Waals surface area contributed by atoms with E-state index in [1.54, 1.807) is 32.2 Å². The third-order valence-electron chi connectivity index (χ3n) is 3.68. The maximum atomic E-state index is 12.4. The maximum absolute atomic E-state index is 12.4. The molecular formula is C16H19NO4. The van der Waals surface area contributed by atoms with E-state index < -0.39 is 11.4 Å². The van der Waals surface area contributed by atoms with Gasteiger partial charge in [0, 0.05) is 23.7 Å². The maximum Gasteiger partial charge on any atom is 0.341 e. The molecule has 0 radical (unpaired) electrons. The number of fused-ring (bicyclic) bond motifs is 1. The van der Waals surface area contributed by atoms with Gasteiger partial charge >= 0.3 is 5.97 Å². The van der Waals surface area contributed by atoms with E-state index in [1.807, 2.05) is 4.57 Å². The SMILES string of the molecule is CCCCn1c(C)c(C(=O)O)c(=O)c2ccc(OC)cc21. The summed E-state index contributed by atoms with van der Waals surface area (Å²) in [6, 6.07) is 5.09. The number of aromatic nitrogens is 1. The number of rotatable bonds is 5. The Morgan fingerprint density at radius 1 is 1.38 bits per heavy atom. The van der Waals surface area contributed by atoms with Crippen LogP contribution in [0, 0.1) is 6.92 Å². The van der Waals surface area contributed by atoms with Crippen LogP contribution in [0.15, 0.2) is 23.0 Å². The molecular weight excluding hydrogens is 270 g/mol. The second-order valence-electron chi connectivity index (χ2n) is 4.98. The molecule has 0 fully saturated rings. The molecule has 1 aromatic heterocycles. The van der Waals surface area contributed by atoms with E-state index >= 15 is 0 Å². The molecule has 5 heteroatoms. The van der Waals surface area contributed by atoms with Crippen molar-refractivity contribution in [3.8, 4) is 5.75 Å². The highest BCUT2D eigenvalue weighted by Gasteiger charge is 2.19. The van der Waals surface area contributed by atoms with Crippen LogP contribution in [0.5, 0.6) is 5.75 Å². The van der Waals surface area contributed by atoms with E-state index in [2.05, 4.69) is 6.92 Å². The van der Waals surface area contributed by atoms with Crippen LogP contribution in [0.4, 0.5) is 0 Å². The number of aryl methyl sites for hydroxylation is 1. The summed E-state index contributed by atoms with van der Waals surface area (Å²) in [5.74, 6) is -0.532. The normalized spacial score (nSPS) is 10.8. The van der Waals surface area contributed by atoms with Gasteiger partial charge in [0.2, 0.25) is 5.43 Å². The molecule has 0 bridgehead atoms. The molecule has 2 rings (SSSR count). The Kier molecular flexibility index (Phi) is 4.31. The zero-order valence-corrected chi connectivity index (χ0v) is 12.5. The van der Waals surface area contributed by atoms with Crippen LogP contribution in [0.25, 0.3) is 10.9 Å². The molecule has 0 saturated heterocycles. The minimum atomic E-state index is -1.18. The number of methoxy groups -OCH3 is 1. The van der Waals surface area contributed by atoms with Crippen molar-refractivity contribution >= 4 is 16.9 Å². The van der Waals surface area contributed by atoms with E-state index in [0.29, 0.717) is 23.4 Å². The number of benzene rings is 1. The molecule has 1 heterocycles. The Morgan fingerprint density at radius 2 is 2.10 bits per heavy atom. The van der Waals surface area contributed by atoms with Crippen molar-refractivity contribution in [1.29, 1.82) is 0 Å². The molecule has 0 atom stereocenters. The van der Waals surface area contributed by atoms with Crippen LogP contribution in [-0.2, 0) is 6.54 Å². The fourth-order valence-corrected chi connectivity index (χ4v) is 2.52. The topological polar surface area (TPSA) is 68.5 Å². The zero-order chi connectivity index (χ0) is 15.6. The van der Waals surface area contributed by atoms with Crippen molar-refractivity contribution in [2.24, 2.45) is 0 Å². The number of hydrogen-bond donors (Lipinski definition) is 1. The van der Waals surface area contributed by atoms with Gasteiger partial charge in [0.05, 0.1) is 12.6 Å². The highest BCUT2D eigenvalue weighted by Crippen LogP contribution is 2.22. The number of carboxylic acid groups (broad SMARTS) is 1. The predicted molar refractivity (Wildman–Crippen MR) is 81.4 cm³/mol. The van der Waals surface area contributed by atoms with Gasteiger partial charge in [0.15, 0.2) is 0 Å². The van der Waals surface area contributed by atoms with Gasteiger partial charge in [-0.2, -0.15) is 0 Å². The first-order valence-corrected chi connectivity index (χ1v) is 6.95. The Balaban J connectivity index is 2.86. The first-order chi connectivity index (χ1) is 10.0. The molecule has 0 amide bonds. The number of unbranched alkanes of at least 4 members (excludes halogenated alkanes) is 1. The lowest BCUT2D eigenvalue weighted by atomic mass is 10.1. The number of carbonyl (C=O) groups is 1. The largest absolute Gasteiger partial charge is 0.497 e. The first-order valence-electron chi connectivity index (χ1n) is 6.95. The van der Waals surface area contributed by atoms with Gasteiger partial charge in [-0.1, -0.05) is 13.3 Å². The summed E-state index contributed by atoms with van der Waals surface area (Å²) in [5, 5.41) is 9.73. The summed E-state index contributed by atoms with van der Waals surface area (Å²) >= 11 is 0. The van der Waals surface area contributed by atoms with Crippen LogP contribution in [0.1, 0.15) is 35.8 Å². The lowest BCUT2D eigenvalue weighted by Gasteiger charge is -2.17. The molecule has 0 aliphatic carbocycles. The van der Waals surface area contributed by atoms with E-state index in [-0.39, 0.29) is 5.56 Å². The van der Waals surface area contributed by atoms with Crippen LogP contribution >= 0.6 is 0 Å². The van der Waals surface area contributed by atoms with Crippen LogP contribution in [0.3, 0.4) is 0 Å². The predicted octanol–water partition coefficient (Wildman–Crippen LogP) is 2.82. The number of pyridine rings is 1. The zero-order valence-electron chi connectivity index (χ0n) is 12.5. The van der Waals surface area contributed by atoms with Crippen molar-refractivity contribution < 1.29 is 14.6 Å². The fourth-order valence-electron chi connectivity index (χ4n) is 2.52. The number of hydrogen-bond acceptors (Lipinski definition) is 3. The number of aromatic carboxylic acids is 1. The van der Waals surface area contributed by atoms with Crippen molar-refractivity contribution in [3.63, 3.8) is 0 Å². The van der Waals surface area contributed by atoms with E-state index in [1.165, 1.54) is 0 Å². The second-order valence-corrected chi connectivity index (χ2v) is 4.98. The minimum Gasteiger partial charge on any atom is -0.497 e. The monoisotopic (exact) mass is 289 g/mol. The van der Waals surface area contributed by atoms with Crippen molar-refractivity contribution in [2.75, 3.05) is 7.11 Å². The summed E-state index contributed by atoms with van der Waals surface area (Å²) in [5.41, 5.74) is 0.617. The Bertz CT molecular complexity index is 746. The lowest BCUT2D eigenvalue weighted by molar-refractivity contribution is 0.0694. The standard InChI is InChI=1S/C16H19NO4/c1-4-5-8-17-10(2)14(16(19)20)15(18)12-7-6-11(21-3)9-13(12)17/h6-7,9H,4-5,8H2,1-3H3,(H,19,20). The van der Waals surface area contributed by atoms with Crippen molar-refractivity contribution in [1.82, 2.24) is 4.57 Å². The Labute approximate surface area is 122 Å². The molecule has 1 N–H and O–H groups in total. The van der Waals surface area contributed by atoms with Gasteiger partial charge < -0.3 is 14.4 Å². The molecule has 0 unspecified atom stereocenters. The summed E-state index contributed by atoms with van der Waals surface area (Å²) in [6.07, 6.45) is 1.90. The minimum absolute atomic E-state index is 0.149. The van der Waals surface area contributed by atoms with Gasteiger partial charge in [0.25, 0.3) is 0 Å². The third kappa shape index (κ3) is 2.63. The van der Waals surface area contributed by atoms with Crippen LogP contribution < -0.4 is 10.2 Å². The molecule has 0 saturated carbocycles. The van der Waals surface area contributed by atoms with E-state index in [0.717, 1.165) is 18.4 Å². The van der Waals surface area contributed by atoms with Gasteiger partial charge in [-0.05, 0) is 25.5 Å². The molecule has 2 aromatic rings. The number of carboxylic acids is 1. The summed E-state index contributed by atoms with van der Waals surface area (Å²) in [7, 11) is 1.56. The highest BCUT2D eigenvalue weighted by atomic mass is 16.5. The van der Waals surface area contributed by atoms with Crippen LogP contribution in [0.2, 0.25) is 0 Å². The van der Waals surface area contributed by atoms with E-state index in [9.17, 15) is 14.7 Å². The van der Waals surface area contributed by atoms with Gasteiger partial charge in [-0.3, -0.25) is 4.79 Å². The summed E-state index contributed by atoms with van der Waals surface area (Å²) in [6.45, 7) is 4.42. The van der Waals surface area contributed by atoms with Crippen molar-refractivity contribution in [2.45, 2.75) is 33.2 Å². The smallest absolute Gasteiger partial charge is 0.341 e. The van der Waals surface area contributed by atoms with Gasteiger partial charge in [-0.25, -0.2) is 4.79 Å². The first kappa shape index (κ1) is 15.1. The van der Waals surface area contributed by atoms with Crippen LogP contribution in [-0.4, -0.2) is 22.8 Å². The number of nitrogens with zero attached hydrogens (tertiary/aromatic N) is 1. The molecule has 1 aromatic carbocycles. The molecule has 0 aliphatic heterocycles. The summed E-state index contributed by atoms with van der Waals surface area (Å²) < 4.78 is 7.10. The second kappa shape index (κ2) is 5.99. The average molecular weight is 289 g/mol.